The smallest absolute Gasteiger partial charge is 0.237 e. The number of carbonyl (C=O) groups excluding carboxylic acids is 1. The number of carbonyl (C=O) groups is 1. The van der Waals surface area contributed by atoms with Crippen LogP contribution >= 0.6 is 0 Å². The van der Waals surface area contributed by atoms with Crippen LogP contribution in [0.1, 0.15) is 19.3 Å². The van der Waals surface area contributed by atoms with Crippen LogP contribution in [-0.2, 0) is 9.53 Å². The monoisotopic (exact) mass is 241 g/mol. The molecule has 0 radical (unpaired) electrons. The van der Waals surface area contributed by atoms with E-state index in [4.69, 9.17) is 4.74 Å². The molecule has 0 aromatic carbocycles. The summed E-state index contributed by atoms with van der Waals surface area (Å²) in [5, 5.41) is 6.31. The quantitative estimate of drug-likeness (QED) is 0.702. The molecular formula is C12H23N3O2. The zero-order valence-electron chi connectivity index (χ0n) is 10.4. The summed E-state index contributed by atoms with van der Waals surface area (Å²) in [6.07, 6.45) is 3.20. The molecule has 98 valence electrons. The van der Waals surface area contributed by atoms with Gasteiger partial charge >= 0.3 is 0 Å². The average molecular weight is 241 g/mol. The lowest BCUT2D eigenvalue weighted by Crippen LogP contribution is -2.46. The standard InChI is InChI=1S/C12H23N3O2/c16-12-11(3-1-2-4-14-12)13-5-6-15-7-9-17-10-8-15/h11,13H,1-10H2,(H,14,16). The van der Waals surface area contributed by atoms with E-state index in [1.165, 1.54) is 0 Å². The van der Waals surface area contributed by atoms with Crippen molar-refractivity contribution in [1.29, 1.82) is 0 Å². The molecule has 0 aromatic heterocycles. The van der Waals surface area contributed by atoms with Crippen molar-refractivity contribution < 1.29 is 9.53 Å². The summed E-state index contributed by atoms with van der Waals surface area (Å²) in [6, 6.07) is 0.0125. The zero-order chi connectivity index (χ0) is 11.9. The van der Waals surface area contributed by atoms with Gasteiger partial charge in [0.1, 0.15) is 0 Å². The summed E-state index contributed by atoms with van der Waals surface area (Å²) in [6.45, 7) is 6.43. The molecule has 0 aliphatic carbocycles. The topological polar surface area (TPSA) is 53.6 Å². The number of morpholine rings is 1. The number of rotatable bonds is 4. The molecule has 1 amide bonds. The van der Waals surface area contributed by atoms with Gasteiger partial charge in [0, 0.05) is 32.7 Å². The van der Waals surface area contributed by atoms with Gasteiger partial charge in [-0.2, -0.15) is 0 Å². The molecule has 2 aliphatic rings. The first-order valence-corrected chi connectivity index (χ1v) is 6.67. The third-order valence-electron chi connectivity index (χ3n) is 3.46. The number of nitrogens with zero attached hydrogens (tertiary/aromatic N) is 1. The maximum absolute atomic E-state index is 11.7. The van der Waals surface area contributed by atoms with E-state index in [9.17, 15) is 4.79 Å². The summed E-state index contributed by atoms with van der Waals surface area (Å²) < 4.78 is 5.30. The van der Waals surface area contributed by atoms with E-state index in [2.05, 4.69) is 15.5 Å². The second kappa shape index (κ2) is 6.93. The van der Waals surface area contributed by atoms with Gasteiger partial charge in [-0.25, -0.2) is 0 Å². The van der Waals surface area contributed by atoms with Crippen LogP contribution in [0.5, 0.6) is 0 Å². The predicted octanol–water partition coefficient (Wildman–Crippen LogP) is -0.423. The molecule has 2 heterocycles. The van der Waals surface area contributed by atoms with Gasteiger partial charge in [0.05, 0.1) is 19.3 Å². The summed E-state index contributed by atoms with van der Waals surface area (Å²) >= 11 is 0. The van der Waals surface area contributed by atoms with Crippen LogP contribution in [0.2, 0.25) is 0 Å². The SMILES string of the molecule is O=C1NCCCCC1NCCN1CCOCC1. The first kappa shape index (κ1) is 12.8. The van der Waals surface area contributed by atoms with Gasteiger partial charge in [-0.1, -0.05) is 0 Å². The van der Waals surface area contributed by atoms with Gasteiger partial charge in [0.2, 0.25) is 5.91 Å². The van der Waals surface area contributed by atoms with Crippen molar-refractivity contribution in [3.8, 4) is 0 Å². The maximum atomic E-state index is 11.7. The Bertz CT molecular complexity index is 242. The first-order valence-electron chi connectivity index (χ1n) is 6.67. The van der Waals surface area contributed by atoms with E-state index in [0.29, 0.717) is 0 Å². The van der Waals surface area contributed by atoms with E-state index in [-0.39, 0.29) is 11.9 Å². The molecular weight excluding hydrogens is 218 g/mol. The lowest BCUT2D eigenvalue weighted by molar-refractivity contribution is -0.122. The van der Waals surface area contributed by atoms with Gasteiger partial charge in [0.15, 0.2) is 0 Å². The van der Waals surface area contributed by atoms with E-state index in [1.807, 2.05) is 0 Å². The number of ether oxygens (including phenoxy) is 1. The number of nitrogens with one attached hydrogen (secondary N) is 2. The molecule has 1 unspecified atom stereocenters. The Morgan fingerprint density at radius 2 is 2.18 bits per heavy atom. The number of hydrogen-bond donors (Lipinski definition) is 2. The highest BCUT2D eigenvalue weighted by Gasteiger charge is 2.20. The molecule has 2 rings (SSSR count). The summed E-state index contributed by atoms with van der Waals surface area (Å²) in [5.74, 6) is 0.171. The molecule has 2 fully saturated rings. The van der Waals surface area contributed by atoms with Gasteiger partial charge in [-0.3, -0.25) is 9.69 Å². The summed E-state index contributed by atoms with van der Waals surface area (Å²) in [4.78, 5) is 14.1. The van der Waals surface area contributed by atoms with E-state index >= 15 is 0 Å². The van der Waals surface area contributed by atoms with Crippen LogP contribution in [0, 0.1) is 0 Å². The van der Waals surface area contributed by atoms with Crippen molar-refractivity contribution in [1.82, 2.24) is 15.5 Å². The molecule has 2 aliphatic heterocycles. The largest absolute Gasteiger partial charge is 0.379 e. The molecule has 17 heavy (non-hydrogen) atoms. The van der Waals surface area contributed by atoms with Crippen LogP contribution in [-0.4, -0.2) is 62.8 Å². The van der Waals surface area contributed by atoms with Crippen LogP contribution in [0.15, 0.2) is 0 Å². The normalized spacial score (nSPS) is 27.5. The van der Waals surface area contributed by atoms with E-state index in [1.54, 1.807) is 0 Å². The van der Waals surface area contributed by atoms with Gasteiger partial charge < -0.3 is 15.4 Å². The average Bonchev–Trinajstić information content (AvgIpc) is 2.56. The predicted molar refractivity (Wildman–Crippen MR) is 65.9 cm³/mol. The highest BCUT2D eigenvalue weighted by Crippen LogP contribution is 2.05. The summed E-state index contributed by atoms with van der Waals surface area (Å²) in [7, 11) is 0. The highest BCUT2D eigenvalue weighted by atomic mass is 16.5. The van der Waals surface area contributed by atoms with Crippen LogP contribution in [0.25, 0.3) is 0 Å². The fraction of sp³-hybridized carbons (Fsp3) is 0.917. The molecule has 5 nitrogen and oxygen atoms in total. The molecule has 0 aromatic rings. The molecule has 0 bridgehead atoms. The van der Waals surface area contributed by atoms with E-state index < -0.39 is 0 Å². The maximum Gasteiger partial charge on any atom is 0.237 e. The Balaban J connectivity index is 1.64. The van der Waals surface area contributed by atoms with Crippen molar-refractivity contribution in [3.63, 3.8) is 0 Å². The molecule has 5 heteroatoms. The van der Waals surface area contributed by atoms with Crippen molar-refractivity contribution in [2.24, 2.45) is 0 Å². The lowest BCUT2D eigenvalue weighted by atomic mass is 10.1. The molecule has 2 N–H and O–H groups in total. The zero-order valence-corrected chi connectivity index (χ0v) is 10.4. The van der Waals surface area contributed by atoms with Gasteiger partial charge in [-0.05, 0) is 19.3 Å². The van der Waals surface area contributed by atoms with Crippen molar-refractivity contribution in [2.45, 2.75) is 25.3 Å². The lowest BCUT2D eigenvalue weighted by Gasteiger charge is -2.27. The fourth-order valence-electron chi connectivity index (χ4n) is 2.36. The number of hydrogen-bond acceptors (Lipinski definition) is 4. The minimum Gasteiger partial charge on any atom is -0.379 e. The summed E-state index contributed by atoms with van der Waals surface area (Å²) in [5.41, 5.74) is 0. The highest BCUT2D eigenvalue weighted by molar-refractivity contribution is 5.81. The van der Waals surface area contributed by atoms with Gasteiger partial charge in [-0.15, -0.1) is 0 Å². The van der Waals surface area contributed by atoms with Crippen molar-refractivity contribution in [3.05, 3.63) is 0 Å². The van der Waals surface area contributed by atoms with E-state index in [0.717, 1.165) is 65.2 Å². The Morgan fingerprint density at radius 3 is 3.00 bits per heavy atom. The molecule has 1 atom stereocenters. The third-order valence-corrected chi connectivity index (χ3v) is 3.46. The minimum atomic E-state index is 0.0125. The molecule has 0 spiro atoms. The number of amides is 1. The second-order valence-electron chi connectivity index (χ2n) is 4.75. The van der Waals surface area contributed by atoms with Gasteiger partial charge in [0.25, 0.3) is 0 Å². The second-order valence-corrected chi connectivity index (χ2v) is 4.75. The Morgan fingerprint density at radius 1 is 1.35 bits per heavy atom. The van der Waals surface area contributed by atoms with Crippen LogP contribution in [0.3, 0.4) is 0 Å². The van der Waals surface area contributed by atoms with Crippen molar-refractivity contribution in [2.75, 3.05) is 45.9 Å². The van der Waals surface area contributed by atoms with Crippen LogP contribution in [0.4, 0.5) is 0 Å². The Labute approximate surface area is 103 Å². The Kier molecular flexibility index (Phi) is 5.22. The Hall–Kier alpha value is -0.650. The molecule has 2 saturated heterocycles. The third kappa shape index (κ3) is 4.26. The van der Waals surface area contributed by atoms with Crippen molar-refractivity contribution >= 4 is 5.91 Å². The minimum absolute atomic E-state index is 0.0125. The van der Waals surface area contributed by atoms with Crippen LogP contribution < -0.4 is 10.6 Å². The fourth-order valence-corrected chi connectivity index (χ4v) is 2.36. The molecule has 0 saturated carbocycles. The first-order chi connectivity index (χ1) is 8.36.